The molecule has 0 aliphatic heterocycles. The van der Waals surface area contributed by atoms with Crippen molar-refractivity contribution >= 4 is 5.96 Å². The van der Waals surface area contributed by atoms with E-state index in [9.17, 15) is 0 Å². The van der Waals surface area contributed by atoms with Gasteiger partial charge in [0.2, 0.25) is 0 Å². The van der Waals surface area contributed by atoms with Crippen LogP contribution in [0.5, 0.6) is 0 Å². The van der Waals surface area contributed by atoms with Gasteiger partial charge in [0.1, 0.15) is 5.60 Å². The first kappa shape index (κ1) is 28.8. The summed E-state index contributed by atoms with van der Waals surface area (Å²) in [5.41, 5.74) is 5.18. The molecule has 0 fully saturated rings. The molecule has 0 aromatic heterocycles. The summed E-state index contributed by atoms with van der Waals surface area (Å²) in [5.74, 6) is 1.00. The molecule has 0 spiro atoms. The summed E-state index contributed by atoms with van der Waals surface area (Å²) in [6.45, 7) is 2.04. The van der Waals surface area contributed by atoms with Crippen molar-refractivity contribution in [3.8, 4) is 0 Å². The highest BCUT2D eigenvalue weighted by atomic mass is 16.5. The van der Waals surface area contributed by atoms with Gasteiger partial charge in [-0.15, -0.1) is 0 Å². The molecule has 0 bridgehead atoms. The lowest BCUT2D eigenvalue weighted by molar-refractivity contribution is 0.0120. The molecule has 5 rings (SSSR count). The fourth-order valence-corrected chi connectivity index (χ4v) is 5.49. The molecule has 0 atom stereocenters. The zero-order chi connectivity index (χ0) is 28.9. The number of hydrogen-bond acceptors (Lipinski definition) is 2. The lowest BCUT2D eigenvalue weighted by Gasteiger charge is -2.36. The Balaban J connectivity index is 1.25. The molecule has 0 radical (unpaired) electrons. The molecule has 0 unspecified atom stereocenters. The van der Waals surface area contributed by atoms with Gasteiger partial charge in [-0.1, -0.05) is 152 Å². The Bertz CT molecular complexity index is 1360. The summed E-state index contributed by atoms with van der Waals surface area (Å²) >= 11 is 0. The lowest BCUT2D eigenvalue weighted by atomic mass is 9.80. The van der Waals surface area contributed by atoms with Gasteiger partial charge in [-0.3, -0.25) is 4.99 Å². The first-order valence-electron chi connectivity index (χ1n) is 14.7. The molecule has 0 aliphatic carbocycles. The Labute approximate surface area is 250 Å². The van der Waals surface area contributed by atoms with Gasteiger partial charge >= 0.3 is 0 Å². The molecule has 5 aromatic carbocycles. The topological polar surface area (TPSA) is 45.7 Å². The first-order valence-corrected chi connectivity index (χ1v) is 14.7. The molecule has 0 aliphatic rings. The van der Waals surface area contributed by atoms with Crippen LogP contribution >= 0.6 is 0 Å². The molecule has 0 heterocycles. The van der Waals surface area contributed by atoms with E-state index in [1.165, 1.54) is 11.1 Å². The van der Waals surface area contributed by atoms with Crippen molar-refractivity contribution in [3.05, 3.63) is 179 Å². The molecule has 212 valence electrons. The van der Waals surface area contributed by atoms with Crippen LogP contribution in [-0.4, -0.2) is 32.7 Å². The molecule has 4 heteroatoms. The van der Waals surface area contributed by atoms with Crippen molar-refractivity contribution < 1.29 is 4.74 Å². The van der Waals surface area contributed by atoms with Crippen LogP contribution in [0.1, 0.15) is 40.2 Å². The van der Waals surface area contributed by atoms with E-state index in [0.717, 1.165) is 42.2 Å². The molecular weight excluding hydrogens is 514 g/mol. The number of nitrogens with one attached hydrogen (secondary N) is 2. The Hall–Kier alpha value is -4.67. The number of aliphatic imine (C=N–C) groups is 1. The van der Waals surface area contributed by atoms with Gasteiger partial charge in [0.15, 0.2) is 5.96 Å². The summed E-state index contributed by atoms with van der Waals surface area (Å²) in [6.07, 6.45) is 0.815. The van der Waals surface area contributed by atoms with Crippen LogP contribution in [-0.2, 0) is 10.3 Å². The highest BCUT2D eigenvalue weighted by molar-refractivity contribution is 5.79. The quantitative estimate of drug-likeness (QED) is 0.0733. The van der Waals surface area contributed by atoms with E-state index in [0.29, 0.717) is 6.61 Å². The first-order chi connectivity index (χ1) is 20.8. The molecule has 0 saturated heterocycles. The summed E-state index contributed by atoms with van der Waals surface area (Å²) in [5, 5.41) is 7.04. The van der Waals surface area contributed by atoms with E-state index >= 15 is 0 Å². The van der Waals surface area contributed by atoms with Crippen LogP contribution in [0.3, 0.4) is 0 Å². The lowest BCUT2D eigenvalue weighted by Crippen LogP contribution is -2.40. The van der Waals surface area contributed by atoms with Crippen LogP contribution in [0.2, 0.25) is 0 Å². The maximum atomic E-state index is 6.92. The number of guanidine groups is 1. The summed E-state index contributed by atoms with van der Waals surface area (Å²) in [4.78, 5) is 4.49. The van der Waals surface area contributed by atoms with Crippen LogP contribution in [0, 0.1) is 0 Å². The predicted octanol–water partition coefficient (Wildman–Crippen LogP) is 7.38. The van der Waals surface area contributed by atoms with E-state index < -0.39 is 5.60 Å². The van der Waals surface area contributed by atoms with Crippen molar-refractivity contribution in [1.29, 1.82) is 0 Å². The highest BCUT2D eigenvalue weighted by Gasteiger charge is 2.37. The fraction of sp³-hybridized carbons (Fsp3) is 0.184. The molecule has 4 nitrogen and oxygen atoms in total. The van der Waals surface area contributed by atoms with Gasteiger partial charge in [-0.25, -0.2) is 0 Å². The Kier molecular flexibility index (Phi) is 10.2. The molecule has 5 aromatic rings. The molecule has 2 N–H and O–H groups in total. The number of ether oxygens (including phenoxy) is 1. The summed E-state index contributed by atoms with van der Waals surface area (Å²) in [7, 11) is 1.82. The second-order valence-corrected chi connectivity index (χ2v) is 10.2. The van der Waals surface area contributed by atoms with Crippen molar-refractivity contribution in [2.45, 2.75) is 17.9 Å². The van der Waals surface area contributed by atoms with E-state index in [1.54, 1.807) is 0 Å². The third kappa shape index (κ3) is 6.96. The van der Waals surface area contributed by atoms with Crippen LogP contribution in [0.25, 0.3) is 0 Å². The minimum absolute atomic E-state index is 0.220. The van der Waals surface area contributed by atoms with E-state index in [2.05, 4.69) is 149 Å². The SMILES string of the molecule is CN=C(NCCCOC(c1ccccc1)(c1ccccc1)c1ccccc1)NCC(c1ccccc1)c1ccccc1. The summed E-state index contributed by atoms with van der Waals surface area (Å²) in [6, 6.07) is 52.8. The molecular formula is C38H39N3O. The highest BCUT2D eigenvalue weighted by Crippen LogP contribution is 2.40. The van der Waals surface area contributed by atoms with Gasteiger partial charge in [0, 0.05) is 26.1 Å². The molecule has 0 amide bonds. The normalized spacial score (nSPS) is 11.8. The maximum absolute atomic E-state index is 6.92. The van der Waals surface area contributed by atoms with Crippen LogP contribution in [0.4, 0.5) is 0 Å². The van der Waals surface area contributed by atoms with Gasteiger partial charge in [0.05, 0.1) is 6.61 Å². The van der Waals surface area contributed by atoms with E-state index in [4.69, 9.17) is 4.74 Å². The Morgan fingerprint density at radius 3 is 1.40 bits per heavy atom. The second kappa shape index (κ2) is 14.8. The summed E-state index contributed by atoms with van der Waals surface area (Å²) < 4.78 is 6.92. The molecule has 42 heavy (non-hydrogen) atoms. The van der Waals surface area contributed by atoms with Gasteiger partial charge in [0.25, 0.3) is 0 Å². The van der Waals surface area contributed by atoms with Crippen molar-refractivity contribution in [2.24, 2.45) is 4.99 Å². The monoisotopic (exact) mass is 553 g/mol. The van der Waals surface area contributed by atoms with Crippen molar-refractivity contribution in [1.82, 2.24) is 10.6 Å². The second-order valence-electron chi connectivity index (χ2n) is 10.2. The van der Waals surface area contributed by atoms with Crippen LogP contribution < -0.4 is 10.6 Å². The van der Waals surface area contributed by atoms with Gasteiger partial charge in [-0.2, -0.15) is 0 Å². The number of hydrogen-bond donors (Lipinski definition) is 2. The average molecular weight is 554 g/mol. The van der Waals surface area contributed by atoms with Gasteiger partial charge < -0.3 is 15.4 Å². The third-order valence-corrected chi connectivity index (χ3v) is 7.57. The zero-order valence-electron chi connectivity index (χ0n) is 24.2. The van der Waals surface area contributed by atoms with E-state index in [1.807, 2.05) is 25.2 Å². The maximum Gasteiger partial charge on any atom is 0.191 e. The van der Waals surface area contributed by atoms with Crippen LogP contribution in [0.15, 0.2) is 157 Å². The molecule has 0 saturated carbocycles. The standard InChI is InChI=1S/C38H39N3O/c1-39-37(41-30-36(31-18-7-2-8-19-31)32-20-9-3-10-21-32)40-28-17-29-42-38(33-22-11-4-12-23-33,34-24-13-5-14-25-34)35-26-15-6-16-27-35/h2-16,18-27,36H,17,28-30H2,1H3,(H2,39,40,41). The Morgan fingerprint density at radius 1 is 0.595 bits per heavy atom. The zero-order valence-corrected chi connectivity index (χ0v) is 24.2. The van der Waals surface area contributed by atoms with E-state index in [-0.39, 0.29) is 5.92 Å². The number of nitrogens with zero attached hydrogens (tertiary/aromatic N) is 1. The number of benzene rings is 5. The number of rotatable bonds is 12. The largest absolute Gasteiger partial charge is 0.361 e. The smallest absolute Gasteiger partial charge is 0.191 e. The van der Waals surface area contributed by atoms with Crippen molar-refractivity contribution in [2.75, 3.05) is 26.7 Å². The van der Waals surface area contributed by atoms with Crippen molar-refractivity contribution in [3.63, 3.8) is 0 Å². The minimum Gasteiger partial charge on any atom is -0.361 e. The minimum atomic E-state index is -0.706. The van der Waals surface area contributed by atoms with Gasteiger partial charge in [-0.05, 0) is 34.2 Å². The average Bonchev–Trinajstić information content (AvgIpc) is 3.08. The predicted molar refractivity (Wildman–Crippen MR) is 174 cm³/mol. The third-order valence-electron chi connectivity index (χ3n) is 7.57. The fourth-order valence-electron chi connectivity index (χ4n) is 5.49. The Morgan fingerprint density at radius 2 is 1.00 bits per heavy atom.